The molecular weight excluding hydrogens is 759 g/mol. The van der Waals surface area contributed by atoms with Gasteiger partial charge in [-0.1, -0.05) is 152 Å². The van der Waals surface area contributed by atoms with Crippen molar-refractivity contribution in [3.8, 4) is 33.4 Å². The van der Waals surface area contributed by atoms with Crippen LogP contribution >= 0.6 is 0 Å². The first kappa shape index (κ1) is 39.7. The van der Waals surface area contributed by atoms with Crippen molar-refractivity contribution in [1.82, 2.24) is 0 Å². The van der Waals surface area contributed by atoms with Crippen molar-refractivity contribution in [2.45, 2.75) is 140 Å². The maximum absolute atomic E-state index is 2.63. The normalized spacial score (nSPS) is 27.0. The average Bonchev–Trinajstić information content (AvgIpc) is 3.57. The largest absolute Gasteiger partial charge is 0.310 e. The van der Waals surface area contributed by atoms with E-state index in [9.17, 15) is 0 Å². The fraction of sp³-hybridized carbons (Fsp3) is 0.419. The first-order valence-electron chi connectivity index (χ1n) is 24.7. The highest BCUT2D eigenvalue weighted by atomic mass is 15.1. The summed E-state index contributed by atoms with van der Waals surface area (Å²) < 4.78 is 0. The van der Waals surface area contributed by atoms with E-state index in [-0.39, 0.29) is 27.1 Å². The summed E-state index contributed by atoms with van der Waals surface area (Å²) in [5.74, 6) is 3.29. The zero-order chi connectivity index (χ0) is 43.3. The minimum Gasteiger partial charge on any atom is -0.310 e. The van der Waals surface area contributed by atoms with Crippen LogP contribution in [0.25, 0.3) is 33.4 Å². The monoisotopic (exact) mass is 826 g/mol. The molecule has 0 radical (unpaired) electrons. The van der Waals surface area contributed by atoms with E-state index in [1.165, 1.54) is 130 Å². The lowest BCUT2D eigenvalue weighted by molar-refractivity contribution is -0.0399. The van der Waals surface area contributed by atoms with Crippen LogP contribution < -0.4 is 4.90 Å². The van der Waals surface area contributed by atoms with Gasteiger partial charge >= 0.3 is 0 Å². The Kier molecular flexibility index (Phi) is 8.55. The van der Waals surface area contributed by atoms with Crippen LogP contribution in [0.1, 0.15) is 147 Å². The Balaban J connectivity index is 1.06. The quantitative estimate of drug-likeness (QED) is 0.167. The van der Waals surface area contributed by atoms with Crippen molar-refractivity contribution in [3.63, 3.8) is 0 Å². The molecule has 13 rings (SSSR count). The molecule has 6 aromatic carbocycles. The number of anilines is 3. The van der Waals surface area contributed by atoms with Crippen molar-refractivity contribution in [1.29, 1.82) is 0 Å². The third-order valence-corrected chi connectivity index (χ3v) is 18.3. The van der Waals surface area contributed by atoms with Gasteiger partial charge in [-0.2, -0.15) is 0 Å². The van der Waals surface area contributed by atoms with Gasteiger partial charge in [0.1, 0.15) is 0 Å². The molecule has 0 unspecified atom stereocenters. The Hall–Kier alpha value is -4.88. The van der Waals surface area contributed by atoms with Crippen LogP contribution in [0, 0.1) is 23.7 Å². The van der Waals surface area contributed by atoms with Gasteiger partial charge < -0.3 is 4.90 Å². The van der Waals surface area contributed by atoms with Gasteiger partial charge in [0.2, 0.25) is 0 Å². The molecule has 63 heavy (non-hydrogen) atoms. The fourth-order valence-corrected chi connectivity index (χ4v) is 15.3. The summed E-state index contributed by atoms with van der Waals surface area (Å²) in [6.45, 7) is 19.6. The van der Waals surface area contributed by atoms with Crippen LogP contribution in [0.4, 0.5) is 17.1 Å². The van der Waals surface area contributed by atoms with E-state index in [1.54, 1.807) is 11.1 Å². The van der Waals surface area contributed by atoms with E-state index < -0.39 is 0 Å². The van der Waals surface area contributed by atoms with E-state index in [1.807, 2.05) is 0 Å². The summed E-state index contributed by atoms with van der Waals surface area (Å²) >= 11 is 0. The Labute approximate surface area is 378 Å². The molecule has 0 saturated heterocycles. The fourth-order valence-electron chi connectivity index (χ4n) is 15.3. The second kappa shape index (κ2) is 13.6. The number of fused-ring (bicyclic) bond motifs is 5. The van der Waals surface area contributed by atoms with Crippen LogP contribution in [0.3, 0.4) is 0 Å². The molecule has 4 fully saturated rings. The molecule has 1 heteroatoms. The topological polar surface area (TPSA) is 3.24 Å². The van der Waals surface area contributed by atoms with Crippen molar-refractivity contribution >= 4 is 17.1 Å². The van der Waals surface area contributed by atoms with Crippen LogP contribution in [0.5, 0.6) is 0 Å². The van der Waals surface area contributed by atoms with Crippen LogP contribution in [0.2, 0.25) is 0 Å². The maximum Gasteiger partial charge on any atom is 0.0543 e. The van der Waals surface area contributed by atoms with Gasteiger partial charge in [0.15, 0.2) is 0 Å². The molecule has 4 saturated carbocycles. The summed E-state index contributed by atoms with van der Waals surface area (Å²) in [5, 5.41) is 0. The molecule has 7 aliphatic carbocycles. The lowest BCUT2D eigenvalue weighted by Gasteiger charge is -2.61. The van der Waals surface area contributed by atoms with Crippen molar-refractivity contribution in [2.24, 2.45) is 23.7 Å². The molecular formula is C62H67N. The van der Waals surface area contributed by atoms with Gasteiger partial charge in [0, 0.05) is 22.4 Å². The van der Waals surface area contributed by atoms with Crippen LogP contribution in [-0.4, -0.2) is 0 Å². The molecule has 0 amide bonds. The summed E-state index contributed by atoms with van der Waals surface area (Å²) in [7, 11) is 0. The van der Waals surface area contributed by atoms with Gasteiger partial charge in [0.25, 0.3) is 0 Å². The van der Waals surface area contributed by atoms with Crippen molar-refractivity contribution in [2.75, 3.05) is 4.90 Å². The maximum atomic E-state index is 2.63. The first-order valence-corrected chi connectivity index (χ1v) is 24.7. The summed E-state index contributed by atoms with van der Waals surface area (Å²) in [5.41, 5.74) is 22.1. The van der Waals surface area contributed by atoms with Crippen molar-refractivity contribution in [3.05, 3.63) is 161 Å². The van der Waals surface area contributed by atoms with Crippen LogP contribution in [0.15, 0.2) is 127 Å². The minimum absolute atomic E-state index is 0.102. The summed E-state index contributed by atoms with van der Waals surface area (Å²) in [6, 6.07) is 50.6. The number of nitrogens with zero attached hydrogens (tertiary/aromatic N) is 1. The van der Waals surface area contributed by atoms with Gasteiger partial charge in [-0.05, 0) is 195 Å². The Morgan fingerprint density at radius 3 is 1.51 bits per heavy atom. The highest BCUT2D eigenvalue weighted by molar-refractivity contribution is 5.96. The first-order chi connectivity index (χ1) is 30.2. The molecule has 0 aromatic heterocycles. The van der Waals surface area contributed by atoms with E-state index in [4.69, 9.17) is 0 Å². The molecule has 320 valence electrons. The SMILES string of the molecule is CC1(C)CCC(C)(C)c2c(-c3ccc(N(c4cccc(-c5cccc6c5C(C)(C)CCC6(C)C)c4)c4cccc5c4-c4ccccc4C54C5CC6CC(C5)CC4C6)cc3)cccc21. The minimum atomic E-state index is 0.102. The van der Waals surface area contributed by atoms with E-state index in [2.05, 4.69) is 188 Å². The van der Waals surface area contributed by atoms with Gasteiger partial charge in [0.05, 0.1) is 5.69 Å². The number of benzene rings is 6. The van der Waals surface area contributed by atoms with Gasteiger partial charge in [-0.15, -0.1) is 0 Å². The third kappa shape index (κ3) is 5.72. The van der Waals surface area contributed by atoms with Gasteiger partial charge in [-0.3, -0.25) is 0 Å². The Bertz CT molecular complexity index is 2780. The molecule has 1 spiro atoms. The molecule has 7 aliphatic rings. The second-order valence-electron chi connectivity index (χ2n) is 23.8. The highest BCUT2D eigenvalue weighted by Crippen LogP contribution is 2.70. The number of rotatable bonds is 5. The molecule has 0 atom stereocenters. The number of hydrogen-bond donors (Lipinski definition) is 0. The predicted octanol–water partition coefficient (Wildman–Crippen LogP) is 16.9. The van der Waals surface area contributed by atoms with E-state index >= 15 is 0 Å². The molecule has 1 nitrogen and oxygen atoms in total. The average molecular weight is 826 g/mol. The standard InChI is InChI=1S/C62H67N/c1-58(2)29-31-60(5,6)56-47(18-12-22-52(56)58)41-25-27-45(28-26-41)63(46-16-11-15-42(38-46)48-19-13-23-53-57(48)61(7,8)32-30-59(53,3)4)54-24-14-21-51-55(54)49-17-9-10-20-50(49)62(51)43-34-39-33-40(36-43)37-44(62)35-39/h9-28,38-40,43-44H,29-37H2,1-8H3. The summed E-state index contributed by atoms with van der Waals surface area (Å²) in [6.07, 6.45) is 11.9. The zero-order valence-electron chi connectivity index (χ0n) is 39.2. The van der Waals surface area contributed by atoms with Gasteiger partial charge in [-0.25, -0.2) is 0 Å². The lowest BCUT2D eigenvalue weighted by atomic mass is 9.43. The Morgan fingerprint density at radius 1 is 0.397 bits per heavy atom. The smallest absolute Gasteiger partial charge is 0.0543 e. The molecule has 4 bridgehead atoms. The lowest BCUT2D eigenvalue weighted by Crippen LogP contribution is -2.55. The van der Waals surface area contributed by atoms with Crippen LogP contribution in [-0.2, 0) is 27.1 Å². The van der Waals surface area contributed by atoms with E-state index in [0.717, 1.165) is 23.7 Å². The Morgan fingerprint density at radius 2 is 0.889 bits per heavy atom. The molecule has 0 N–H and O–H groups in total. The summed E-state index contributed by atoms with van der Waals surface area (Å²) in [4.78, 5) is 2.63. The number of hydrogen-bond acceptors (Lipinski definition) is 1. The zero-order valence-corrected chi connectivity index (χ0v) is 39.2. The van der Waals surface area contributed by atoms with Crippen molar-refractivity contribution < 1.29 is 0 Å². The highest BCUT2D eigenvalue weighted by Gasteiger charge is 2.62. The third-order valence-electron chi connectivity index (χ3n) is 18.3. The molecule has 0 aliphatic heterocycles. The molecule has 6 aromatic rings. The predicted molar refractivity (Wildman–Crippen MR) is 266 cm³/mol. The van der Waals surface area contributed by atoms with E-state index in [0.29, 0.717) is 0 Å². The second-order valence-corrected chi connectivity index (χ2v) is 23.8. The molecule has 0 heterocycles.